The van der Waals surface area contributed by atoms with Gasteiger partial charge in [-0.05, 0) is 39.3 Å². The zero-order chi connectivity index (χ0) is 17.5. The molecule has 0 aliphatic heterocycles. The Hall–Kier alpha value is -1.19. The minimum Gasteiger partial charge on any atom is -0.386 e. The van der Waals surface area contributed by atoms with Gasteiger partial charge in [-0.3, -0.25) is 0 Å². The largest absolute Gasteiger partial charge is 0.404 e. The van der Waals surface area contributed by atoms with Gasteiger partial charge < -0.3 is 5.11 Å². The minimum atomic E-state index is -4.79. The molecule has 22 heavy (non-hydrogen) atoms. The molecule has 1 aromatic rings. The topological polar surface area (TPSA) is 66.4 Å². The molecule has 0 spiro atoms. The molecular formula is C13H17F4NO3S. The first kappa shape index (κ1) is 18.9. The third kappa shape index (κ3) is 3.96. The fraction of sp³-hybridized carbons (Fsp3) is 0.538. The number of alkyl halides is 3. The number of rotatable bonds is 4. The molecule has 1 atom stereocenters. The summed E-state index contributed by atoms with van der Waals surface area (Å²) in [6.45, 7) is 4.28. The van der Waals surface area contributed by atoms with Gasteiger partial charge in [0, 0.05) is 5.56 Å². The molecule has 0 fully saturated rings. The van der Waals surface area contributed by atoms with Crippen molar-refractivity contribution in [3.05, 3.63) is 29.1 Å². The van der Waals surface area contributed by atoms with E-state index in [0.29, 0.717) is 6.92 Å². The summed E-state index contributed by atoms with van der Waals surface area (Å²) in [7, 11) is -4.67. The van der Waals surface area contributed by atoms with E-state index >= 15 is 0 Å². The second kappa shape index (κ2) is 5.78. The Morgan fingerprint density at radius 2 is 1.73 bits per heavy atom. The van der Waals surface area contributed by atoms with Crippen molar-refractivity contribution in [2.45, 2.75) is 50.4 Å². The van der Waals surface area contributed by atoms with Crippen LogP contribution in [-0.2, 0) is 15.6 Å². The quantitative estimate of drug-likeness (QED) is 0.826. The summed E-state index contributed by atoms with van der Waals surface area (Å²) in [5.41, 5.74) is -2.39. The van der Waals surface area contributed by atoms with Crippen molar-refractivity contribution < 1.29 is 31.1 Å². The number of hydrogen-bond donors (Lipinski definition) is 2. The van der Waals surface area contributed by atoms with Crippen molar-refractivity contribution in [3.8, 4) is 0 Å². The van der Waals surface area contributed by atoms with E-state index in [0.717, 1.165) is 26.0 Å². The highest BCUT2D eigenvalue weighted by atomic mass is 32.2. The van der Waals surface area contributed by atoms with Gasteiger partial charge >= 0.3 is 6.18 Å². The second-order valence-corrected chi connectivity index (χ2v) is 7.20. The van der Waals surface area contributed by atoms with Crippen LogP contribution >= 0.6 is 0 Å². The predicted molar refractivity (Wildman–Crippen MR) is 72.2 cm³/mol. The molecule has 0 amide bonds. The highest BCUT2D eigenvalue weighted by molar-refractivity contribution is 7.89. The lowest BCUT2D eigenvalue weighted by Gasteiger charge is -2.24. The maximum atomic E-state index is 14.2. The van der Waals surface area contributed by atoms with Crippen LogP contribution in [0.2, 0.25) is 0 Å². The SMILES string of the molecule is Cc1ccc(S(=O)(=O)N[C@@H](C)C(F)(F)F)c(C(C)(C)O)c1F. The summed E-state index contributed by atoms with van der Waals surface area (Å²) < 4.78 is 77.5. The lowest BCUT2D eigenvalue weighted by molar-refractivity contribution is -0.147. The summed E-state index contributed by atoms with van der Waals surface area (Å²) >= 11 is 0. The molecule has 0 bridgehead atoms. The second-order valence-electron chi connectivity index (χ2n) is 5.51. The Morgan fingerprint density at radius 1 is 1.23 bits per heavy atom. The van der Waals surface area contributed by atoms with Crippen LogP contribution in [0.25, 0.3) is 0 Å². The van der Waals surface area contributed by atoms with E-state index < -0.39 is 44.1 Å². The van der Waals surface area contributed by atoms with Gasteiger partial charge in [-0.15, -0.1) is 0 Å². The average Bonchev–Trinajstić information content (AvgIpc) is 2.28. The molecule has 1 rings (SSSR count). The zero-order valence-electron chi connectivity index (χ0n) is 12.4. The van der Waals surface area contributed by atoms with E-state index in [9.17, 15) is 31.1 Å². The Kier molecular flexibility index (Phi) is 4.96. The maximum Gasteiger partial charge on any atom is 0.404 e. The highest BCUT2D eigenvalue weighted by Crippen LogP contribution is 2.32. The first-order valence-corrected chi connectivity index (χ1v) is 7.77. The fourth-order valence-electron chi connectivity index (χ4n) is 1.82. The summed E-state index contributed by atoms with van der Waals surface area (Å²) in [5, 5.41) is 9.98. The van der Waals surface area contributed by atoms with Gasteiger partial charge in [0.05, 0.1) is 10.5 Å². The first-order valence-electron chi connectivity index (χ1n) is 6.29. The normalized spacial score (nSPS) is 15.0. The average molecular weight is 343 g/mol. The van der Waals surface area contributed by atoms with E-state index in [1.807, 2.05) is 0 Å². The molecule has 0 radical (unpaired) electrons. The van der Waals surface area contributed by atoms with Gasteiger partial charge in [-0.2, -0.15) is 17.9 Å². The Bertz CT molecular complexity index is 663. The molecule has 2 N–H and O–H groups in total. The monoisotopic (exact) mass is 343 g/mol. The van der Waals surface area contributed by atoms with Crippen molar-refractivity contribution in [1.29, 1.82) is 0 Å². The minimum absolute atomic E-state index is 0.0694. The number of aliphatic hydroxyl groups is 1. The molecule has 0 saturated heterocycles. The highest BCUT2D eigenvalue weighted by Gasteiger charge is 2.40. The van der Waals surface area contributed by atoms with Crippen LogP contribution in [0.5, 0.6) is 0 Å². The molecular weight excluding hydrogens is 326 g/mol. The maximum absolute atomic E-state index is 14.2. The van der Waals surface area contributed by atoms with Crippen LogP contribution in [0.15, 0.2) is 17.0 Å². The van der Waals surface area contributed by atoms with E-state index in [2.05, 4.69) is 0 Å². The predicted octanol–water partition coefficient (Wildman–Crippen LogP) is 2.59. The van der Waals surface area contributed by atoms with Gasteiger partial charge in [0.25, 0.3) is 0 Å². The number of hydrogen-bond acceptors (Lipinski definition) is 3. The third-order valence-electron chi connectivity index (χ3n) is 3.02. The molecule has 4 nitrogen and oxygen atoms in total. The van der Waals surface area contributed by atoms with Crippen LogP contribution in [-0.4, -0.2) is 25.7 Å². The summed E-state index contributed by atoms with van der Waals surface area (Å²) in [5.74, 6) is -0.977. The van der Waals surface area contributed by atoms with Crippen LogP contribution in [0.3, 0.4) is 0 Å². The Balaban J connectivity index is 3.47. The van der Waals surface area contributed by atoms with E-state index in [1.165, 1.54) is 11.6 Å². The summed E-state index contributed by atoms with van der Waals surface area (Å²) in [4.78, 5) is -0.723. The van der Waals surface area contributed by atoms with Crippen molar-refractivity contribution in [2.24, 2.45) is 0 Å². The lowest BCUT2D eigenvalue weighted by Crippen LogP contribution is -2.43. The van der Waals surface area contributed by atoms with Gasteiger partial charge in [-0.1, -0.05) is 6.07 Å². The number of benzene rings is 1. The van der Waals surface area contributed by atoms with Crippen LogP contribution in [0, 0.1) is 12.7 Å². The molecule has 0 saturated carbocycles. The van der Waals surface area contributed by atoms with Crippen LogP contribution < -0.4 is 4.72 Å². The van der Waals surface area contributed by atoms with Crippen molar-refractivity contribution in [2.75, 3.05) is 0 Å². The molecule has 9 heteroatoms. The molecule has 126 valence electrons. The van der Waals surface area contributed by atoms with Crippen molar-refractivity contribution in [1.82, 2.24) is 4.72 Å². The summed E-state index contributed by atoms with van der Waals surface area (Å²) in [6.07, 6.45) is -4.79. The summed E-state index contributed by atoms with van der Waals surface area (Å²) in [6, 6.07) is -0.259. The number of sulfonamides is 1. The molecule has 0 aliphatic carbocycles. The molecule has 1 aromatic carbocycles. The third-order valence-corrected chi connectivity index (χ3v) is 4.60. The van der Waals surface area contributed by atoms with Crippen LogP contribution in [0.1, 0.15) is 31.9 Å². The molecule has 0 aromatic heterocycles. The van der Waals surface area contributed by atoms with Crippen molar-refractivity contribution >= 4 is 10.0 Å². The Morgan fingerprint density at radius 3 is 2.14 bits per heavy atom. The van der Waals surface area contributed by atoms with E-state index in [1.54, 1.807) is 0 Å². The van der Waals surface area contributed by atoms with Gasteiger partial charge in [0.1, 0.15) is 11.9 Å². The fourth-order valence-corrected chi connectivity index (χ4v) is 3.40. The molecule has 0 heterocycles. The van der Waals surface area contributed by atoms with E-state index in [4.69, 9.17) is 0 Å². The van der Waals surface area contributed by atoms with Gasteiger partial charge in [0.15, 0.2) is 0 Å². The standard InChI is InChI=1S/C13H17F4NO3S/c1-7-5-6-9(10(11(7)14)12(3,4)19)22(20,21)18-8(2)13(15,16)17/h5-6,8,18-19H,1-4H3/t8-/m0/s1. The number of nitrogens with one attached hydrogen (secondary N) is 1. The van der Waals surface area contributed by atoms with E-state index in [-0.39, 0.29) is 5.56 Å². The first-order chi connectivity index (χ1) is 9.68. The van der Waals surface area contributed by atoms with Crippen molar-refractivity contribution in [3.63, 3.8) is 0 Å². The molecule has 0 unspecified atom stereocenters. The number of aryl methyl sites for hydroxylation is 1. The van der Waals surface area contributed by atoms with Gasteiger partial charge in [-0.25, -0.2) is 12.8 Å². The lowest BCUT2D eigenvalue weighted by atomic mass is 9.96. The number of halogens is 4. The van der Waals surface area contributed by atoms with Gasteiger partial charge in [0.2, 0.25) is 10.0 Å². The smallest absolute Gasteiger partial charge is 0.386 e. The zero-order valence-corrected chi connectivity index (χ0v) is 13.2. The Labute approximate surface area is 126 Å². The molecule has 0 aliphatic rings. The van der Waals surface area contributed by atoms with Crippen LogP contribution in [0.4, 0.5) is 17.6 Å².